The van der Waals surface area contributed by atoms with Crippen LogP contribution >= 0.6 is 27.3 Å². The predicted molar refractivity (Wildman–Crippen MR) is 77.9 cm³/mol. The molecule has 0 amide bonds. The summed E-state index contributed by atoms with van der Waals surface area (Å²) in [5.41, 5.74) is 1.06. The summed E-state index contributed by atoms with van der Waals surface area (Å²) < 4.78 is 1.14. The number of pyridine rings is 1. The Morgan fingerprint density at radius 1 is 1.47 bits per heavy atom. The molecule has 5 heteroatoms. The van der Waals surface area contributed by atoms with E-state index in [2.05, 4.69) is 37.7 Å². The van der Waals surface area contributed by atoms with Crippen molar-refractivity contribution >= 4 is 38.8 Å². The van der Waals surface area contributed by atoms with Gasteiger partial charge < -0.3 is 10.2 Å². The van der Waals surface area contributed by atoms with E-state index in [0.717, 1.165) is 22.5 Å². The predicted octanol–water partition coefficient (Wildman–Crippen LogP) is 3.58. The molecule has 0 unspecified atom stereocenters. The molecule has 0 aliphatic carbocycles. The molecule has 0 aliphatic rings. The van der Waals surface area contributed by atoms with E-state index in [1.165, 1.54) is 4.88 Å². The Morgan fingerprint density at radius 3 is 2.94 bits per heavy atom. The smallest absolute Gasteiger partial charge is 0.151 e. The molecule has 2 aromatic rings. The van der Waals surface area contributed by atoms with Crippen LogP contribution in [0.15, 0.2) is 34.2 Å². The largest absolute Gasteiger partial charge is 0.377 e. The van der Waals surface area contributed by atoms with Gasteiger partial charge in [0.25, 0.3) is 0 Å². The van der Waals surface area contributed by atoms with Gasteiger partial charge in [-0.05, 0) is 34.1 Å². The first-order valence-electron chi connectivity index (χ1n) is 5.26. The molecule has 2 heterocycles. The summed E-state index contributed by atoms with van der Waals surface area (Å²) >= 11 is 5.20. The van der Waals surface area contributed by atoms with E-state index in [1.807, 2.05) is 37.3 Å². The van der Waals surface area contributed by atoms with Crippen LogP contribution < -0.4 is 10.2 Å². The number of rotatable bonds is 4. The standard InChI is InChI=1S/C12H14BrN3S/c1-16(2)12-11(4-3-5-14-12)15-7-10-6-9(13)8-17-10/h3-6,8,15H,7H2,1-2H3. The number of hydrogen-bond donors (Lipinski definition) is 1. The number of nitrogens with one attached hydrogen (secondary N) is 1. The fourth-order valence-corrected chi connectivity index (χ4v) is 2.91. The lowest BCUT2D eigenvalue weighted by Gasteiger charge is -2.16. The monoisotopic (exact) mass is 311 g/mol. The Morgan fingerprint density at radius 2 is 2.29 bits per heavy atom. The summed E-state index contributed by atoms with van der Waals surface area (Å²) in [6.07, 6.45) is 1.81. The van der Waals surface area contributed by atoms with E-state index < -0.39 is 0 Å². The maximum Gasteiger partial charge on any atom is 0.151 e. The molecule has 1 N–H and O–H groups in total. The van der Waals surface area contributed by atoms with Crippen molar-refractivity contribution in [1.29, 1.82) is 0 Å². The van der Waals surface area contributed by atoms with Gasteiger partial charge >= 0.3 is 0 Å². The maximum absolute atomic E-state index is 4.35. The Bertz CT molecular complexity index is 496. The van der Waals surface area contributed by atoms with E-state index in [9.17, 15) is 0 Å². The Hall–Kier alpha value is -1.07. The summed E-state index contributed by atoms with van der Waals surface area (Å²) in [4.78, 5) is 7.66. The molecule has 2 rings (SSSR count). The SMILES string of the molecule is CN(C)c1ncccc1NCc1cc(Br)cs1. The first kappa shape index (κ1) is 12.4. The third kappa shape index (κ3) is 3.20. The molecule has 0 bridgehead atoms. The van der Waals surface area contributed by atoms with E-state index in [4.69, 9.17) is 0 Å². The molecule has 0 radical (unpaired) electrons. The Balaban J connectivity index is 2.08. The molecule has 0 atom stereocenters. The third-order valence-corrected chi connectivity index (χ3v) is 3.98. The highest BCUT2D eigenvalue weighted by Crippen LogP contribution is 2.24. The summed E-state index contributed by atoms with van der Waals surface area (Å²) in [5.74, 6) is 0.961. The quantitative estimate of drug-likeness (QED) is 0.935. The van der Waals surface area contributed by atoms with Crippen molar-refractivity contribution in [1.82, 2.24) is 4.98 Å². The molecular weight excluding hydrogens is 298 g/mol. The van der Waals surface area contributed by atoms with E-state index >= 15 is 0 Å². The molecule has 0 saturated carbocycles. The van der Waals surface area contributed by atoms with E-state index in [0.29, 0.717) is 0 Å². The summed E-state index contributed by atoms with van der Waals surface area (Å²) in [6, 6.07) is 6.12. The van der Waals surface area contributed by atoms with Gasteiger partial charge in [-0.25, -0.2) is 4.98 Å². The van der Waals surface area contributed by atoms with Crippen LogP contribution in [0, 0.1) is 0 Å². The molecule has 0 aromatic carbocycles. The van der Waals surface area contributed by atoms with Gasteiger partial charge in [-0.15, -0.1) is 11.3 Å². The van der Waals surface area contributed by atoms with Crippen LogP contribution in [0.2, 0.25) is 0 Å². The van der Waals surface area contributed by atoms with Crippen LogP contribution in [0.4, 0.5) is 11.5 Å². The topological polar surface area (TPSA) is 28.2 Å². The number of anilines is 2. The molecule has 0 aliphatic heterocycles. The molecule has 0 saturated heterocycles. The first-order chi connectivity index (χ1) is 8.16. The van der Waals surface area contributed by atoms with Crippen molar-refractivity contribution in [2.24, 2.45) is 0 Å². The number of thiophene rings is 1. The lowest BCUT2D eigenvalue weighted by atomic mass is 10.3. The highest BCUT2D eigenvalue weighted by atomic mass is 79.9. The maximum atomic E-state index is 4.35. The Labute approximate surface area is 114 Å². The third-order valence-electron chi connectivity index (χ3n) is 2.29. The normalized spacial score (nSPS) is 10.3. The fraction of sp³-hybridized carbons (Fsp3) is 0.250. The highest BCUT2D eigenvalue weighted by Gasteiger charge is 2.05. The highest BCUT2D eigenvalue weighted by molar-refractivity contribution is 9.10. The van der Waals surface area contributed by atoms with Crippen molar-refractivity contribution in [2.45, 2.75) is 6.54 Å². The summed E-state index contributed by atoms with van der Waals surface area (Å²) in [5, 5.41) is 5.50. The van der Waals surface area contributed by atoms with Crippen molar-refractivity contribution in [3.8, 4) is 0 Å². The zero-order valence-corrected chi connectivity index (χ0v) is 12.2. The lowest BCUT2D eigenvalue weighted by Crippen LogP contribution is -2.13. The van der Waals surface area contributed by atoms with Gasteiger partial charge in [-0.1, -0.05) is 0 Å². The van der Waals surface area contributed by atoms with Gasteiger partial charge in [0.15, 0.2) is 5.82 Å². The second kappa shape index (κ2) is 5.51. The number of aromatic nitrogens is 1. The van der Waals surface area contributed by atoms with Crippen LogP contribution in [0.3, 0.4) is 0 Å². The molecule has 0 spiro atoms. The summed E-state index contributed by atoms with van der Waals surface area (Å²) in [7, 11) is 3.99. The lowest BCUT2D eigenvalue weighted by molar-refractivity contribution is 1.05. The summed E-state index contributed by atoms with van der Waals surface area (Å²) in [6.45, 7) is 0.822. The molecule has 90 valence electrons. The van der Waals surface area contributed by atoms with Gasteiger partial charge in [0.05, 0.1) is 5.69 Å². The first-order valence-corrected chi connectivity index (χ1v) is 6.93. The van der Waals surface area contributed by atoms with Gasteiger partial charge in [0.2, 0.25) is 0 Å². The molecule has 2 aromatic heterocycles. The Kier molecular flexibility index (Phi) is 4.02. The van der Waals surface area contributed by atoms with Crippen LogP contribution in [-0.2, 0) is 6.54 Å². The zero-order valence-electron chi connectivity index (χ0n) is 9.77. The van der Waals surface area contributed by atoms with Crippen molar-refractivity contribution < 1.29 is 0 Å². The van der Waals surface area contributed by atoms with Crippen LogP contribution in [0.25, 0.3) is 0 Å². The van der Waals surface area contributed by atoms with Crippen molar-refractivity contribution in [3.63, 3.8) is 0 Å². The number of halogens is 1. The molecule has 0 fully saturated rings. The minimum absolute atomic E-state index is 0.822. The minimum atomic E-state index is 0.822. The van der Waals surface area contributed by atoms with E-state index in [1.54, 1.807) is 11.3 Å². The average Bonchev–Trinajstić information content (AvgIpc) is 2.73. The van der Waals surface area contributed by atoms with Crippen molar-refractivity contribution in [3.05, 3.63) is 39.1 Å². The fourth-order valence-electron chi connectivity index (χ4n) is 1.52. The van der Waals surface area contributed by atoms with E-state index in [-0.39, 0.29) is 0 Å². The second-order valence-electron chi connectivity index (χ2n) is 3.85. The average molecular weight is 312 g/mol. The zero-order chi connectivity index (χ0) is 12.3. The molecule has 17 heavy (non-hydrogen) atoms. The van der Waals surface area contributed by atoms with Crippen LogP contribution in [0.1, 0.15) is 4.88 Å². The number of hydrogen-bond acceptors (Lipinski definition) is 4. The minimum Gasteiger partial charge on any atom is -0.377 e. The van der Waals surface area contributed by atoms with Crippen molar-refractivity contribution in [2.75, 3.05) is 24.3 Å². The van der Waals surface area contributed by atoms with Gasteiger partial charge in [-0.3, -0.25) is 0 Å². The van der Waals surface area contributed by atoms with Gasteiger partial charge in [-0.2, -0.15) is 0 Å². The van der Waals surface area contributed by atoms with Crippen LogP contribution in [-0.4, -0.2) is 19.1 Å². The molecular formula is C12H14BrN3S. The van der Waals surface area contributed by atoms with Gasteiger partial charge in [0, 0.05) is 41.6 Å². The number of nitrogens with zero attached hydrogens (tertiary/aromatic N) is 2. The van der Waals surface area contributed by atoms with Crippen LogP contribution in [0.5, 0.6) is 0 Å². The van der Waals surface area contributed by atoms with Gasteiger partial charge in [0.1, 0.15) is 0 Å². The second-order valence-corrected chi connectivity index (χ2v) is 5.77. The molecule has 3 nitrogen and oxygen atoms in total.